The van der Waals surface area contributed by atoms with Gasteiger partial charge in [0, 0.05) is 50.6 Å². The number of hydrogen-bond donors (Lipinski definition) is 1. The van der Waals surface area contributed by atoms with Gasteiger partial charge in [0.15, 0.2) is 0 Å². The first-order valence-electron chi connectivity index (χ1n) is 10.4. The Bertz CT molecular complexity index is 994. The number of rotatable bonds is 5. The Balaban J connectivity index is 1.10. The van der Waals surface area contributed by atoms with E-state index in [1.807, 2.05) is 41.9 Å². The van der Waals surface area contributed by atoms with Crippen LogP contribution in [-0.4, -0.2) is 46.7 Å². The number of thiophene rings is 1. The maximum atomic E-state index is 12.6. The third kappa shape index (κ3) is 3.72. The van der Waals surface area contributed by atoms with E-state index in [1.165, 1.54) is 5.56 Å². The highest BCUT2D eigenvalue weighted by molar-refractivity contribution is 7.07. The van der Waals surface area contributed by atoms with E-state index in [9.17, 15) is 4.79 Å². The van der Waals surface area contributed by atoms with Crippen LogP contribution in [0.25, 0.3) is 10.9 Å². The van der Waals surface area contributed by atoms with Gasteiger partial charge in [-0.15, -0.1) is 0 Å². The lowest BCUT2D eigenvalue weighted by atomic mass is 9.80. The van der Waals surface area contributed by atoms with Gasteiger partial charge >= 0.3 is 0 Å². The molecule has 6 heteroatoms. The van der Waals surface area contributed by atoms with Crippen molar-refractivity contribution in [2.45, 2.75) is 37.5 Å². The van der Waals surface area contributed by atoms with E-state index in [1.54, 1.807) is 11.3 Å². The summed E-state index contributed by atoms with van der Waals surface area (Å²) in [4.78, 5) is 15.2. The van der Waals surface area contributed by atoms with Gasteiger partial charge in [0.1, 0.15) is 5.69 Å². The first-order chi connectivity index (χ1) is 14.1. The summed E-state index contributed by atoms with van der Waals surface area (Å²) in [6.45, 7) is 3.81. The van der Waals surface area contributed by atoms with Crippen LogP contribution in [0.5, 0.6) is 0 Å². The Morgan fingerprint density at radius 2 is 2.07 bits per heavy atom. The number of benzene rings is 1. The van der Waals surface area contributed by atoms with Crippen molar-refractivity contribution in [1.82, 2.24) is 14.8 Å². The number of nitrogens with one attached hydrogen (secondary N) is 1. The minimum atomic E-state index is -0.0289. The molecule has 2 aliphatic heterocycles. The van der Waals surface area contributed by atoms with Gasteiger partial charge in [0.2, 0.25) is 0 Å². The predicted octanol–water partition coefficient (Wildman–Crippen LogP) is 3.79. The quantitative estimate of drug-likeness (QED) is 0.697. The number of carbonyl (C=O) groups is 1. The number of amides is 1. The van der Waals surface area contributed by atoms with Gasteiger partial charge in [-0.05, 0) is 47.4 Å². The molecule has 0 bridgehead atoms. The Hall–Kier alpha value is -2.15. The summed E-state index contributed by atoms with van der Waals surface area (Å²) >= 11 is 1.76. The molecule has 0 radical (unpaired) electrons. The highest BCUT2D eigenvalue weighted by Crippen LogP contribution is 2.41. The Labute approximate surface area is 175 Å². The molecule has 2 aliphatic rings. The van der Waals surface area contributed by atoms with Crippen LogP contribution >= 0.6 is 11.3 Å². The number of likely N-dealkylation sites (tertiary alicyclic amines) is 1. The van der Waals surface area contributed by atoms with Crippen molar-refractivity contribution in [1.29, 1.82) is 0 Å². The van der Waals surface area contributed by atoms with Crippen molar-refractivity contribution in [3.63, 3.8) is 0 Å². The summed E-state index contributed by atoms with van der Waals surface area (Å²) in [5, 5.41) is 8.54. The Morgan fingerprint density at radius 1 is 1.28 bits per heavy atom. The summed E-state index contributed by atoms with van der Waals surface area (Å²) in [6.07, 6.45) is 3.36. The molecule has 1 N–H and O–H groups in total. The second-order valence-corrected chi connectivity index (χ2v) is 9.17. The van der Waals surface area contributed by atoms with Crippen molar-refractivity contribution < 1.29 is 9.53 Å². The van der Waals surface area contributed by atoms with Gasteiger partial charge in [0.05, 0.1) is 11.7 Å². The summed E-state index contributed by atoms with van der Waals surface area (Å²) in [7, 11) is 1.94. The summed E-state index contributed by atoms with van der Waals surface area (Å²) in [5.74, 6) is -0.0289. The molecule has 2 aromatic heterocycles. The maximum absolute atomic E-state index is 12.6. The van der Waals surface area contributed by atoms with Crippen molar-refractivity contribution in [2.75, 3.05) is 19.6 Å². The maximum Gasteiger partial charge on any atom is 0.268 e. The smallest absolute Gasteiger partial charge is 0.268 e. The van der Waals surface area contributed by atoms with Crippen LogP contribution in [-0.2, 0) is 18.3 Å². The molecule has 29 heavy (non-hydrogen) atoms. The van der Waals surface area contributed by atoms with Crippen molar-refractivity contribution in [3.8, 4) is 0 Å². The number of aromatic nitrogens is 1. The number of ether oxygens (including phenoxy) is 1. The number of hydrogen-bond acceptors (Lipinski definition) is 4. The fourth-order valence-electron chi connectivity index (χ4n) is 4.76. The van der Waals surface area contributed by atoms with Gasteiger partial charge in [-0.25, -0.2) is 0 Å². The zero-order valence-corrected chi connectivity index (χ0v) is 17.6. The molecule has 5 rings (SSSR count). The van der Waals surface area contributed by atoms with E-state index in [4.69, 9.17) is 4.74 Å². The van der Waals surface area contributed by atoms with Crippen LogP contribution in [0.3, 0.4) is 0 Å². The number of fused-ring (bicyclic) bond motifs is 1. The van der Waals surface area contributed by atoms with Crippen LogP contribution in [0.1, 0.15) is 35.3 Å². The summed E-state index contributed by atoms with van der Waals surface area (Å²) in [5.41, 5.74) is 3.22. The molecule has 0 saturated carbocycles. The molecule has 3 aromatic rings. The highest BCUT2D eigenvalue weighted by atomic mass is 32.1. The molecule has 0 aliphatic carbocycles. The topological polar surface area (TPSA) is 46.5 Å². The number of para-hydroxylation sites is 1. The van der Waals surface area contributed by atoms with Crippen molar-refractivity contribution in [2.24, 2.45) is 7.05 Å². The Morgan fingerprint density at radius 3 is 2.79 bits per heavy atom. The van der Waals surface area contributed by atoms with E-state index in [-0.39, 0.29) is 17.6 Å². The molecule has 1 amide bonds. The van der Waals surface area contributed by atoms with Gasteiger partial charge in [-0.2, -0.15) is 11.3 Å². The van der Waals surface area contributed by atoms with Gasteiger partial charge < -0.3 is 14.6 Å². The zero-order valence-electron chi connectivity index (χ0n) is 16.8. The standard InChI is InChI=1S/C23H27N3O2S/c1-25-20-5-3-2-4-18(20)12-21(25)22(27)24-14-19-13-23(28-19)7-9-26(10-8-23)15-17-6-11-29-16-17/h2-6,11-12,16,19H,7-10,13-15H2,1H3,(H,24,27)/t19-/m0/s1. The average molecular weight is 410 g/mol. The van der Waals surface area contributed by atoms with Gasteiger partial charge in [-0.3, -0.25) is 9.69 Å². The van der Waals surface area contributed by atoms with E-state index < -0.39 is 0 Å². The molecule has 2 saturated heterocycles. The number of carbonyl (C=O) groups excluding carboxylic acids is 1. The van der Waals surface area contributed by atoms with Gasteiger partial charge in [0.25, 0.3) is 5.91 Å². The molecule has 5 nitrogen and oxygen atoms in total. The monoisotopic (exact) mass is 409 g/mol. The van der Waals surface area contributed by atoms with E-state index in [2.05, 4.69) is 27.0 Å². The lowest BCUT2D eigenvalue weighted by Gasteiger charge is -2.52. The number of nitrogens with zero attached hydrogens (tertiary/aromatic N) is 2. The lowest BCUT2D eigenvalue weighted by Crippen LogP contribution is -2.59. The van der Waals surface area contributed by atoms with E-state index in [0.29, 0.717) is 12.2 Å². The fraction of sp³-hybridized carbons (Fsp3) is 0.435. The Kier molecular flexibility index (Phi) is 4.94. The first kappa shape index (κ1) is 18.9. The molecular weight excluding hydrogens is 382 g/mol. The molecule has 1 spiro atoms. The summed E-state index contributed by atoms with van der Waals surface area (Å²) < 4.78 is 8.24. The molecule has 152 valence electrons. The van der Waals surface area contributed by atoms with Crippen molar-refractivity contribution >= 4 is 28.1 Å². The lowest BCUT2D eigenvalue weighted by molar-refractivity contribution is -0.222. The normalized spacial score (nSPS) is 21.3. The van der Waals surface area contributed by atoms with Crippen LogP contribution in [0.2, 0.25) is 0 Å². The number of piperidine rings is 1. The molecule has 1 aromatic carbocycles. The molecular formula is C23H27N3O2S. The predicted molar refractivity (Wildman–Crippen MR) is 116 cm³/mol. The molecule has 1 atom stereocenters. The van der Waals surface area contributed by atoms with Crippen LogP contribution in [0.4, 0.5) is 0 Å². The second kappa shape index (κ2) is 7.59. The third-order valence-electron chi connectivity index (χ3n) is 6.44. The van der Waals surface area contributed by atoms with Gasteiger partial charge in [-0.1, -0.05) is 18.2 Å². The SMILES string of the molecule is Cn1c(C(=O)NC[C@@H]2CC3(CCN(Cc4ccsc4)CC3)O2)cc2ccccc21. The first-order valence-corrected chi connectivity index (χ1v) is 11.3. The van der Waals surface area contributed by atoms with E-state index in [0.717, 1.165) is 49.8 Å². The van der Waals surface area contributed by atoms with Crippen LogP contribution in [0, 0.1) is 0 Å². The van der Waals surface area contributed by atoms with Crippen molar-refractivity contribution in [3.05, 3.63) is 58.4 Å². The van der Waals surface area contributed by atoms with Crippen LogP contribution in [0.15, 0.2) is 47.2 Å². The molecule has 2 fully saturated rings. The molecule has 4 heterocycles. The number of aryl methyl sites for hydroxylation is 1. The molecule has 0 unspecified atom stereocenters. The minimum absolute atomic E-state index is 0.0289. The fourth-order valence-corrected chi connectivity index (χ4v) is 5.42. The zero-order chi connectivity index (χ0) is 19.8. The highest BCUT2D eigenvalue weighted by Gasteiger charge is 2.47. The summed E-state index contributed by atoms with van der Waals surface area (Å²) in [6, 6.07) is 12.2. The largest absolute Gasteiger partial charge is 0.370 e. The third-order valence-corrected chi connectivity index (χ3v) is 7.18. The average Bonchev–Trinajstić information content (AvgIpc) is 3.34. The van der Waals surface area contributed by atoms with Crippen LogP contribution < -0.4 is 5.32 Å². The van der Waals surface area contributed by atoms with E-state index >= 15 is 0 Å². The minimum Gasteiger partial charge on any atom is -0.370 e. The second-order valence-electron chi connectivity index (χ2n) is 8.39.